The van der Waals surface area contributed by atoms with Crippen LogP contribution in [0.2, 0.25) is 10.0 Å². The predicted octanol–water partition coefficient (Wildman–Crippen LogP) is 5.02. The quantitative estimate of drug-likeness (QED) is 0.635. The Morgan fingerprint density at radius 3 is 2.74 bits per heavy atom. The van der Waals surface area contributed by atoms with E-state index in [4.69, 9.17) is 37.4 Å². The van der Waals surface area contributed by atoms with Gasteiger partial charge < -0.3 is 19.1 Å². The van der Waals surface area contributed by atoms with E-state index in [9.17, 15) is 10.1 Å². The van der Waals surface area contributed by atoms with Crippen molar-refractivity contribution in [3.8, 4) is 11.9 Å². The lowest BCUT2D eigenvalue weighted by Crippen LogP contribution is -2.43. The molecule has 2 atom stereocenters. The molecule has 0 bridgehead atoms. The fourth-order valence-electron chi connectivity index (χ4n) is 3.11. The van der Waals surface area contributed by atoms with Crippen molar-refractivity contribution >= 4 is 29.3 Å². The highest BCUT2D eigenvalue weighted by Gasteiger charge is 2.35. The Hall–Kier alpha value is -2.53. The van der Waals surface area contributed by atoms with Gasteiger partial charge in [-0.3, -0.25) is 0 Å². The van der Waals surface area contributed by atoms with Crippen molar-refractivity contribution in [3.05, 3.63) is 57.7 Å². The van der Waals surface area contributed by atoms with E-state index in [1.807, 2.05) is 0 Å². The summed E-state index contributed by atoms with van der Waals surface area (Å²) in [5.41, 5.74) is 0.377. The molecular formula is C22H23Cl2N3O4. The second-order valence-corrected chi connectivity index (χ2v) is 8.83. The third-order valence-corrected chi connectivity index (χ3v) is 5.21. The molecule has 1 saturated heterocycles. The smallest absolute Gasteiger partial charge is 0.410 e. The van der Waals surface area contributed by atoms with E-state index in [0.29, 0.717) is 16.6 Å². The number of aromatic nitrogens is 1. The number of pyridine rings is 1. The molecule has 7 nitrogen and oxygen atoms in total. The zero-order valence-electron chi connectivity index (χ0n) is 17.5. The van der Waals surface area contributed by atoms with Crippen LogP contribution in [0.5, 0.6) is 5.88 Å². The van der Waals surface area contributed by atoms with Crippen LogP contribution in [-0.4, -0.2) is 47.4 Å². The summed E-state index contributed by atoms with van der Waals surface area (Å²) in [6.45, 7) is 6.16. The summed E-state index contributed by atoms with van der Waals surface area (Å²) in [6, 6.07) is 10.5. The molecule has 0 N–H and O–H groups in total. The normalized spacial score (nSPS) is 19.3. The molecule has 2 aromatic rings. The van der Waals surface area contributed by atoms with Crippen molar-refractivity contribution < 1.29 is 19.0 Å². The molecule has 1 aromatic carbocycles. The van der Waals surface area contributed by atoms with Gasteiger partial charge in [-0.25, -0.2) is 9.78 Å². The average molecular weight is 464 g/mol. The first-order valence-corrected chi connectivity index (χ1v) is 10.5. The Morgan fingerprint density at radius 1 is 1.29 bits per heavy atom. The molecule has 31 heavy (non-hydrogen) atoms. The van der Waals surface area contributed by atoms with Crippen molar-refractivity contribution in [1.29, 1.82) is 5.26 Å². The van der Waals surface area contributed by atoms with E-state index in [1.54, 1.807) is 51.1 Å². The first kappa shape index (κ1) is 23.1. The molecule has 0 aliphatic carbocycles. The van der Waals surface area contributed by atoms with E-state index in [0.717, 1.165) is 5.56 Å². The van der Waals surface area contributed by atoms with Crippen LogP contribution in [0.25, 0.3) is 0 Å². The number of rotatable bonds is 3. The number of nitrogens with zero attached hydrogens (tertiary/aromatic N) is 3. The molecule has 2 unspecified atom stereocenters. The number of amides is 1. The fraction of sp³-hybridized carbons (Fsp3) is 0.409. The number of halogens is 2. The monoisotopic (exact) mass is 463 g/mol. The molecular weight excluding hydrogens is 441 g/mol. The van der Waals surface area contributed by atoms with Crippen LogP contribution < -0.4 is 4.74 Å². The van der Waals surface area contributed by atoms with Gasteiger partial charge in [-0.1, -0.05) is 29.3 Å². The average Bonchev–Trinajstić information content (AvgIpc) is 2.92. The summed E-state index contributed by atoms with van der Waals surface area (Å²) in [6.07, 6.45) is -0.181. The zero-order chi connectivity index (χ0) is 22.6. The van der Waals surface area contributed by atoms with Gasteiger partial charge in [0.05, 0.1) is 23.2 Å². The molecule has 9 heteroatoms. The summed E-state index contributed by atoms with van der Waals surface area (Å²) in [5.74, 6) is 0.162. The highest BCUT2D eigenvalue weighted by atomic mass is 35.5. The lowest BCUT2D eigenvalue weighted by molar-refractivity contribution is -0.0121. The first-order chi connectivity index (χ1) is 14.7. The first-order valence-electron chi connectivity index (χ1n) is 9.74. The van der Waals surface area contributed by atoms with Gasteiger partial charge in [0, 0.05) is 12.7 Å². The molecule has 0 radical (unpaired) electrons. The number of hydrogen-bond donors (Lipinski definition) is 0. The molecule has 0 saturated carbocycles. The Kier molecular flexibility index (Phi) is 7.26. The summed E-state index contributed by atoms with van der Waals surface area (Å²) in [4.78, 5) is 18.4. The largest absolute Gasteiger partial charge is 0.468 e. The van der Waals surface area contributed by atoms with Crippen LogP contribution in [0.15, 0.2) is 36.5 Å². The van der Waals surface area contributed by atoms with Crippen LogP contribution in [0.1, 0.15) is 38.0 Å². The third kappa shape index (κ3) is 6.01. The summed E-state index contributed by atoms with van der Waals surface area (Å²) >= 11 is 12.3. The molecule has 3 rings (SSSR count). The highest BCUT2D eigenvalue weighted by Crippen LogP contribution is 2.32. The van der Waals surface area contributed by atoms with Gasteiger partial charge >= 0.3 is 6.09 Å². The minimum Gasteiger partial charge on any atom is -0.468 e. The topological polar surface area (TPSA) is 84.7 Å². The number of benzene rings is 1. The van der Waals surface area contributed by atoms with Crippen molar-refractivity contribution in [2.75, 3.05) is 19.7 Å². The van der Waals surface area contributed by atoms with E-state index >= 15 is 0 Å². The lowest BCUT2D eigenvalue weighted by Gasteiger charge is -2.30. The van der Waals surface area contributed by atoms with Crippen LogP contribution in [-0.2, 0) is 9.47 Å². The Balaban J connectivity index is 1.94. The molecule has 0 spiro atoms. The maximum absolute atomic E-state index is 12.7. The molecule has 2 heterocycles. The second-order valence-electron chi connectivity index (χ2n) is 8.02. The van der Waals surface area contributed by atoms with E-state index in [-0.39, 0.29) is 24.6 Å². The van der Waals surface area contributed by atoms with Crippen LogP contribution in [0.3, 0.4) is 0 Å². The van der Waals surface area contributed by atoms with Gasteiger partial charge in [0.25, 0.3) is 0 Å². The summed E-state index contributed by atoms with van der Waals surface area (Å²) in [5, 5.41) is 10.2. The summed E-state index contributed by atoms with van der Waals surface area (Å²) in [7, 11) is 0. The molecule has 1 aliphatic rings. The minimum atomic E-state index is -0.672. The number of ether oxygens (including phenoxy) is 3. The zero-order valence-corrected chi connectivity index (χ0v) is 19.0. The van der Waals surface area contributed by atoms with Gasteiger partial charge in [0.2, 0.25) is 5.88 Å². The van der Waals surface area contributed by atoms with Gasteiger partial charge in [0.1, 0.15) is 29.4 Å². The number of carbonyl (C=O) groups excluding carboxylic acids is 1. The van der Waals surface area contributed by atoms with Gasteiger partial charge in [-0.05, 0) is 50.6 Å². The van der Waals surface area contributed by atoms with Crippen molar-refractivity contribution in [2.24, 2.45) is 0 Å². The molecule has 1 amide bonds. The molecule has 1 aliphatic heterocycles. The Labute approximate surface area is 191 Å². The van der Waals surface area contributed by atoms with Gasteiger partial charge in [-0.15, -0.1) is 0 Å². The van der Waals surface area contributed by atoms with E-state index < -0.39 is 23.9 Å². The fourth-order valence-corrected chi connectivity index (χ4v) is 3.41. The number of nitriles is 1. The van der Waals surface area contributed by atoms with Crippen LogP contribution >= 0.6 is 23.2 Å². The second kappa shape index (κ2) is 9.73. The number of carbonyl (C=O) groups is 1. The maximum Gasteiger partial charge on any atom is 0.410 e. The van der Waals surface area contributed by atoms with E-state index in [1.165, 1.54) is 11.1 Å². The standard InChI is InChI=1S/C22H23Cl2N3O4/c1-22(2,3)31-21(28)27-9-10-29-19(14-6-7-16(23)17(24)11-14)18(13-27)30-20-15(12-25)5-4-8-26-20/h4-8,11,18-19H,9-10,13H2,1-3H3. The highest BCUT2D eigenvalue weighted by molar-refractivity contribution is 6.42. The van der Waals surface area contributed by atoms with Crippen molar-refractivity contribution in [2.45, 2.75) is 38.6 Å². The number of hydrogen-bond acceptors (Lipinski definition) is 6. The lowest BCUT2D eigenvalue weighted by atomic mass is 10.0. The van der Waals surface area contributed by atoms with Crippen molar-refractivity contribution in [3.63, 3.8) is 0 Å². The van der Waals surface area contributed by atoms with Gasteiger partial charge in [-0.2, -0.15) is 5.26 Å². The Morgan fingerprint density at radius 2 is 2.06 bits per heavy atom. The minimum absolute atomic E-state index is 0.162. The molecule has 1 fully saturated rings. The SMILES string of the molecule is CC(C)(C)OC(=O)N1CCOC(c2ccc(Cl)c(Cl)c2)C(Oc2ncccc2C#N)C1. The van der Waals surface area contributed by atoms with E-state index in [2.05, 4.69) is 11.1 Å². The predicted molar refractivity (Wildman–Crippen MR) is 116 cm³/mol. The van der Waals surface area contributed by atoms with Crippen molar-refractivity contribution in [1.82, 2.24) is 9.88 Å². The van der Waals surface area contributed by atoms with Crippen LogP contribution in [0.4, 0.5) is 4.79 Å². The molecule has 164 valence electrons. The molecule has 1 aromatic heterocycles. The van der Waals surface area contributed by atoms with Crippen LogP contribution in [0, 0.1) is 11.3 Å². The summed E-state index contributed by atoms with van der Waals surface area (Å²) < 4.78 is 17.7. The third-order valence-electron chi connectivity index (χ3n) is 4.48. The Bertz CT molecular complexity index is 987. The maximum atomic E-state index is 12.7. The van der Waals surface area contributed by atoms with Gasteiger partial charge in [0.15, 0.2) is 0 Å².